The van der Waals surface area contributed by atoms with Crippen LogP contribution in [0.1, 0.15) is 45.4 Å². The lowest BCUT2D eigenvalue weighted by molar-refractivity contribution is 0.258. The Bertz CT molecular complexity index is 97.0. The van der Waals surface area contributed by atoms with Crippen molar-refractivity contribution in [1.29, 1.82) is 0 Å². The lowest BCUT2D eigenvalue weighted by atomic mass is 9.80. The van der Waals surface area contributed by atoms with Crippen LogP contribution in [0.5, 0.6) is 0 Å². The highest BCUT2D eigenvalue weighted by molar-refractivity contribution is 4.76. The van der Waals surface area contributed by atoms with E-state index in [2.05, 4.69) is 19.3 Å². The molecule has 1 N–H and O–H groups in total. The van der Waals surface area contributed by atoms with Crippen LogP contribution in [0.15, 0.2) is 0 Å². The van der Waals surface area contributed by atoms with E-state index in [0.717, 1.165) is 12.0 Å². The molecule has 0 heterocycles. The monoisotopic (exact) mass is 155 g/mol. The van der Waals surface area contributed by atoms with Crippen LogP contribution in [-0.4, -0.2) is 13.1 Å². The topological polar surface area (TPSA) is 12.0 Å². The number of hydrogen-bond donors (Lipinski definition) is 1. The van der Waals surface area contributed by atoms with Crippen LogP contribution in [-0.2, 0) is 0 Å². The fourth-order valence-electron chi connectivity index (χ4n) is 1.86. The standard InChI is InChI=1S/C10H21N/c1-3-5-10(11-2)8-9-6-4-7-9/h9-11H,3-8H2,1-2H3. The quantitative estimate of drug-likeness (QED) is 0.643. The highest BCUT2D eigenvalue weighted by atomic mass is 14.9. The summed E-state index contributed by atoms with van der Waals surface area (Å²) in [5.41, 5.74) is 0. The van der Waals surface area contributed by atoms with Gasteiger partial charge in [0.2, 0.25) is 0 Å². The molecule has 0 aromatic heterocycles. The molecule has 1 fully saturated rings. The summed E-state index contributed by atoms with van der Waals surface area (Å²) in [6.45, 7) is 2.27. The normalized spacial score (nSPS) is 21.3. The molecule has 1 atom stereocenters. The molecule has 1 nitrogen and oxygen atoms in total. The highest BCUT2D eigenvalue weighted by Gasteiger charge is 2.20. The molecule has 66 valence electrons. The Hall–Kier alpha value is -0.0400. The van der Waals surface area contributed by atoms with E-state index in [0.29, 0.717) is 0 Å². The minimum absolute atomic E-state index is 0.797. The van der Waals surface area contributed by atoms with Gasteiger partial charge >= 0.3 is 0 Å². The molecular weight excluding hydrogens is 134 g/mol. The minimum Gasteiger partial charge on any atom is -0.317 e. The molecule has 0 saturated heterocycles. The summed E-state index contributed by atoms with van der Waals surface area (Å²) in [5.74, 6) is 1.05. The van der Waals surface area contributed by atoms with Crippen LogP contribution in [0.2, 0.25) is 0 Å². The van der Waals surface area contributed by atoms with Crippen LogP contribution in [0.25, 0.3) is 0 Å². The van der Waals surface area contributed by atoms with Crippen molar-refractivity contribution in [3.63, 3.8) is 0 Å². The van der Waals surface area contributed by atoms with Gasteiger partial charge in [-0.2, -0.15) is 0 Å². The van der Waals surface area contributed by atoms with E-state index < -0.39 is 0 Å². The van der Waals surface area contributed by atoms with Gasteiger partial charge in [-0.25, -0.2) is 0 Å². The summed E-state index contributed by atoms with van der Waals surface area (Å²) in [7, 11) is 2.10. The third-order valence-electron chi connectivity index (χ3n) is 2.89. The average Bonchev–Trinajstić information content (AvgIpc) is 1.94. The molecule has 1 unspecified atom stereocenters. The van der Waals surface area contributed by atoms with Crippen LogP contribution in [0.4, 0.5) is 0 Å². The van der Waals surface area contributed by atoms with Crippen molar-refractivity contribution in [2.75, 3.05) is 7.05 Å². The Labute approximate surface area is 70.6 Å². The SMILES string of the molecule is CCCC(CC1CCC1)NC. The van der Waals surface area contributed by atoms with Gasteiger partial charge in [0.05, 0.1) is 0 Å². The van der Waals surface area contributed by atoms with Crippen molar-refractivity contribution >= 4 is 0 Å². The third-order valence-corrected chi connectivity index (χ3v) is 2.89. The van der Waals surface area contributed by atoms with Gasteiger partial charge in [-0.15, -0.1) is 0 Å². The molecule has 1 saturated carbocycles. The number of rotatable bonds is 5. The molecule has 0 bridgehead atoms. The third kappa shape index (κ3) is 2.82. The lowest BCUT2D eigenvalue weighted by Gasteiger charge is -2.29. The van der Waals surface area contributed by atoms with Crippen molar-refractivity contribution in [3.8, 4) is 0 Å². The molecule has 11 heavy (non-hydrogen) atoms. The van der Waals surface area contributed by atoms with Crippen molar-refractivity contribution in [1.82, 2.24) is 5.32 Å². The first kappa shape index (κ1) is 9.05. The lowest BCUT2D eigenvalue weighted by Crippen LogP contribution is -2.29. The van der Waals surface area contributed by atoms with Crippen molar-refractivity contribution < 1.29 is 0 Å². The van der Waals surface area contributed by atoms with E-state index in [1.54, 1.807) is 0 Å². The summed E-state index contributed by atoms with van der Waals surface area (Å²) >= 11 is 0. The van der Waals surface area contributed by atoms with Crippen LogP contribution < -0.4 is 5.32 Å². The maximum Gasteiger partial charge on any atom is 0.00666 e. The fourth-order valence-corrected chi connectivity index (χ4v) is 1.86. The van der Waals surface area contributed by atoms with Gasteiger partial charge in [0, 0.05) is 6.04 Å². The van der Waals surface area contributed by atoms with E-state index in [-0.39, 0.29) is 0 Å². The second-order valence-electron chi connectivity index (χ2n) is 3.81. The van der Waals surface area contributed by atoms with Gasteiger partial charge in [-0.05, 0) is 25.8 Å². The molecular formula is C10H21N. The van der Waals surface area contributed by atoms with E-state index in [9.17, 15) is 0 Å². The zero-order valence-electron chi connectivity index (χ0n) is 7.90. The minimum atomic E-state index is 0.797. The highest BCUT2D eigenvalue weighted by Crippen LogP contribution is 2.31. The first-order valence-corrected chi connectivity index (χ1v) is 5.04. The Balaban J connectivity index is 2.08. The average molecular weight is 155 g/mol. The predicted octanol–water partition coefficient (Wildman–Crippen LogP) is 2.56. The molecule has 1 rings (SSSR count). The fraction of sp³-hybridized carbons (Fsp3) is 1.00. The van der Waals surface area contributed by atoms with Gasteiger partial charge in [-0.1, -0.05) is 32.6 Å². The zero-order chi connectivity index (χ0) is 8.10. The van der Waals surface area contributed by atoms with Crippen molar-refractivity contribution in [2.45, 2.75) is 51.5 Å². The first-order chi connectivity index (χ1) is 5.36. The smallest absolute Gasteiger partial charge is 0.00666 e. The van der Waals surface area contributed by atoms with Crippen molar-refractivity contribution in [3.05, 3.63) is 0 Å². The summed E-state index contributed by atoms with van der Waals surface area (Å²) in [4.78, 5) is 0. The summed E-state index contributed by atoms with van der Waals surface area (Å²) < 4.78 is 0. The van der Waals surface area contributed by atoms with Crippen molar-refractivity contribution in [2.24, 2.45) is 5.92 Å². The second-order valence-corrected chi connectivity index (χ2v) is 3.81. The molecule has 1 aliphatic rings. The Morgan fingerprint density at radius 1 is 1.45 bits per heavy atom. The van der Waals surface area contributed by atoms with E-state index >= 15 is 0 Å². The molecule has 0 aromatic carbocycles. The number of nitrogens with one attached hydrogen (secondary N) is 1. The zero-order valence-corrected chi connectivity index (χ0v) is 7.90. The molecule has 0 aromatic rings. The summed E-state index contributed by atoms with van der Waals surface area (Å²) in [6.07, 6.45) is 8.55. The largest absolute Gasteiger partial charge is 0.317 e. The van der Waals surface area contributed by atoms with Crippen LogP contribution >= 0.6 is 0 Å². The molecule has 0 amide bonds. The molecule has 0 aliphatic heterocycles. The summed E-state index contributed by atoms with van der Waals surface area (Å²) in [5, 5.41) is 3.40. The van der Waals surface area contributed by atoms with Gasteiger partial charge in [0.15, 0.2) is 0 Å². The first-order valence-electron chi connectivity index (χ1n) is 5.04. The summed E-state index contributed by atoms with van der Waals surface area (Å²) in [6, 6.07) is 0.797. The molecule has 0 spiro atoms. The molecule has 0 radical (unpaired) electrons. The van der Waals surface area contributed by atoms with Crippen LogP contribution in [0, 0.1) is 5.92 Å². The predicted molar refractivity (Wildman–Crippen MR) is 49.7 cm³/mol. The molecule has 1 aliphatic carbocycles. The Morgan fingerprint density at radius 2 is 2.18 bits per heavy atom. The Kier molecular flexibility index (Phi) is 3.92. The second kappa shape index (κ2) is 4.76. The Morgan fingerprint density at radius 3 is 2.55 bits per heavy atom. The maximum absolute atomic E-state index is 3.40. The van der Waals surface area contributed by atoms with Gasteiger partial charge in [0.1, 0.15) is 0 Å². The maximum atomic E-state index is 3.40. The van der Waals surface area contributed by atoms with E-state index in [4.69, 9.17) is 0 Å². The van der Waals surface area contributed by atoms with E-state index in [1.807, 2.05) is 0 Å². The number of hydrogen-bond acceptors (Lipinski definition) is 1. The van der Waals surface area contributed by atoms with E-state index in [1.165, 1.54) is 38.5 Å². The van der Waals surface area contributed by atoms with Crippen LogP contribution in [0.3, 0.4) is 0 Å². The van der Waals surface area contributed by atoms with Gasteiger partial charge in [-0.3, -0.25) is 0 Å². The van der Waals surface area contributed by atoms with Gasteiger partial charge in [0.25, 0.3) is 0 Å². The molecule has 1 heteroatoms. The van der Waals surface area contributed by atoms with Gasteiger partial charge < -0.3 is 5.32 Å².